The van der Waals surface area contributed by atoms with Crippen LogP contribution in [-0.2, 0) is 9.59 Å². The summed E-state index contributed by atoms with van der Waals surface area (Å²) in [5.41, 5.74) is 0.756. The van der Waals surface area contributed by atoms with E-state index in [2.05, 4.69) is 45.2 Å². The number of carbonyl (C=O) groups excluding carboxylic acids is 2. The summed E-state index contributed by atoms with van der Waals surface area (Å²) in [5.74, 6) is -0.830. The fourth-order valence-electron chi connectivity index (χ4n) is 2.13. The fourth-order valence-corrected chi connectivity index (χ4v) is 5.19. The molecule has 6 nitrogen and oxygen atoms in total. The Hall–Kier alpha value is -0.820. The van der Waals surface area contributed by atoms with Crippen LogP contribution in [0.4, 0.5) is 4.79 Å². The third-order valence-electron chi connectivity index (χ3n) is 3.51. The number of nitrogens with zero attached hydrogens (tertiary/aromatic N) is 1. The molecular formula is C16H15I2NO5S. The summed E-state index contributed by atoms with van der Waals surface area (Å²) < 4.78 is 6.75. The van der Waals surface area contributed by atoms with Crippen molar-refractivity contribution in [2.45, 2.75) is 26.3 Å². The summed E-state index contributed by atoms with van der Waals surface area (Å²) in [6.45, 7) is 3.36. The van der Waals surface area contributed by atoms with Crippen molar-refractivity contribution in [2.75, 3.05) is 6.61 Å². The second-order valence-corrected chi connectivity index (χ2v) is 8.62. The van der Waals surface area contributed by atoms with E-state index in [1.165, 1.54) is 4.90 Å². The number of amides is 2. The minimum Gasteiger partial charge on any atom is -0.480 e. The predicted molar refractivity (Wildman–Crippen MR) is 113 cm³/mol. The highest BCUT2D eigenvalue weighted by molar-refractivity contribution is 14.1. The lowest BCUT2D eigenvalue weighted by molar-refractivity contribution is -0.139. The number of imide groups is 1. The van der Waals surface area contributed by atoms with E-state index in [9.17, 15) is 14.4 Å². The third-order valence-corrected chi connectivity index (χ3v) is 6.00. The molecule has 1 aromatic carbocycles. The number of rotatable bonds is 6. The van der Waals surface area contributed by atoms with Crippen molar-refractivity contribution < 1.29 is 24.2 Å². The number of carboxylic acids is 1. The molecule has 0 spiro atoms. The van der Waals surface area contributed by atoms with E-state index in [0.717, 1.165) is 24.5 Å². The number of benzene rings is 1. The topological polar surface area (TPSA) is 83.9 Å². The first-order chi connectivity index (χ1) is 11.7. The summed E-state index contributed by atoms with van der Waals surface area (Å²) in [6.07, 6.45) is 2.38. The van der Waals surface area contributed by atoms with Crippen molar-refractivity contribution in [3.05, 3.63) is 29.7 Å². The number of hydrogen-bond donors (Lipinski definition) is 1. The molecule has 1 fully saturated rings. The molecule has 0 saturated carbocycles. The van der Waals surface area contributed by atoms with Gasteiger partial charge in [-0.15, -0.1) is 0 Å². The van der Waals surface area contributed by atoms with Crippen LogP contribution in [0.5, 0.6) is 5.75 Å². The number of hydrogen-bond acceptors (Lipinski definition) is 5. The van der Waals surface area contributed by atoms with Gasteiger partial charge in [0.15, 0.2) is 6.61 Å². The Kier molecular flexibility index (Phi) is 7.14. The lowest BCUT2D eigenvalue weighted by Crippen LogP contribution is -2.36. The molecule has 9 heteroatoms. The van der Waals surface area contributed by atoms with E-state index in [1.54, 1.807) is 18.2 Å². The summed E-state index contributed by atoms with van der Waals surface area (Å²) in [4.78, 5) is 36.9. The first-order valence-corrected chi connectivity index (χ1v) is 10.3. The molecule has 1 aromatic rings. The second-order valence-electron chi connectivity index (χ2n) is 5.31. The summed E-state index contributed by atoms with van der Waals surface area (Å²) in [5, 5.41) is 8.48. The highest BCUT2D eigenvalue weighted by Gasteiger charge is 2.37. The third kappa shape index (κ3) is 4.88. The van der Waals surface area contributed by atoms with Gasteiger partial charge in [-0.2, -0.15) is 0 Å². The number of carboxylic acid groups (broad SMARTS) is 1. The van der Waals surface area contributed by atoms with Gasteiger partial charge >= 0.3 is 5.97 Å². The molecule has 0 aliphatic carbocycles. The van der Waals surface area contributed by atoms with E-state index in [-0.39, 0.29) is 17.2 Å². The molecule has 1 aliphatic rings. The monoisotopic (exact) mass is 587 g/mol. The molecule has 1 heterocycles. The second kappa shape index (κ2) is 8.71. The van der Waals surface area contributed by atoms with E-state index in [4.69, 9.17) is 9.84 Å². The van der Waals surface area contributed by atoms with Crippen LogP contribution in [0.1, 0.15) is 25.8 Å². The quantitative estimate of drug-likeness (QED) is 0.397. The summed E-state index contributed by atoms with van der Waals surface area (Å²) in [7, 11) is 0. The maximum Gasteiger partial charge on any atom is 0.341 e. The normalized spacial score (nSPS) is 17.3. The van der Waals surface area contributed by atoms with Crippen LogP contribution in [0.15, 0.2) is 17.0 Å². The summed E-state index contributed by atoms with van der Waals surface area (Å²) in [6, 6.07) is 3.44. The van der Waals surface area contributed by atoms with Crippen LogP contribution < -0.4 is 4.74 Å². The minimum absolute atomic E-state index is 0.134. The average molecular weight is 587 g/mol. The van der Waals surface area contributed by atoms with Gasteiger partial charge in [0.25, 0.3) is 11.1 Å². The van der Waals surface area contributed by atoms with E-state index in [0.29, 0.717) is 17.1 Å². The Morgan fingerprint density at radius 1 is 1.36 bits per heavy atom. The molecule has 1 saturated heterocycles. The molecule has 1 atom stereocenters. The van der Waals surface area contributed by atoms with Crippen LogP contribution in [-0.4, -0.2) is 39.8 Å². The molecular weight excluding hydrogens is 572 g/mol. The van der Waals surface area contributed by atoms with Crippen molar-refractivity contribution in [1.82, 2.24) is 4.90 Å². The number of halogens is 2. The average Bonchev–Trinajstić information content (AvgIpc) is 2.79. The Bertz CT molecular complexity index is 742. The first kappa shape index (κ1) is 20.5. The van der Waals surface area contributed by atoms with Gasteiger partial charge in [0.1, 0.15) is 5.75 Å². The predicted octanol–water partition coefficient (Wildman–Crippen LogP) is 4.19. The Labute approximate surface area is 176 Å². The van der Waals surface area contributed by atoms with E-state index < -0.39 is 12.6 Å². The van der Waals surface area contributed by atoms with Crippen molar-refractivity contribution in [3.8, 4) is 5.75 Å². The maximum atomic E-state index is 12.5. The van der Waals surface area contributed by atoms with Crippen LogP contribution in [0.2, 0.25) is 0 Å². The van der Waals surface area contributed by atoms with E-state index in [1.807, 2.05) is 13.8 Å². The molecule has 0 radical (unpaired) electrons. The lowest BCUT2D eigenvalue weighted by atomic mass is 10.2. The molecule has 1 aliphatic heterocycles. The molecule has 25 heavy (non-hydrogen) atoms. The van der Waals surface area contributed by atoms with Gasteiger partial charge in [0.05, 0.1) is 12.0 Å². The molecule has 1 N–H and O–H groups in total. The van der Waals surface area contributed by atoms with E-state index >= 15 is 0 Å². The highest BCUT2D eigenvalue weighted by Crippen LogP contribution is 2.36. The molecule has 0 aromatic heterocycles. The van der Waals surface area contributed by atoms with Crippen LogP contribution in [0.25, 0.3) is 6.08 Å². The van der Waals surface area contributed by atoms with Crippen molar-refractivity contribution in [1.29, 1.82) is 0 Å². The van der Waals surface area contributed by atoms with Gasteiger partial charge in [0, 0.05) is 6.04 Å². The van der Waals surface area contributed by atoms with Crippen LogP contribution in [0.3, 0.4) is 0 Å². The van der Waals surface area contributed by atoms with Crippen molar-refractivity contribution >= 4 is 80.1 Å². The number of thioether (sulfide) groups is 1. The molecule has 0 bridgehead atoms. The Balaban J connectivity index is 2.28. The summed E-state index contributed by atoms with van der Waals surface area (Å²) >= 11 is 5.04. The smallest absolute Gasteiger partial charge is 0.341 e. The maximum absolute atomic E-state index is 12.5. The number of carbonyl (C=O) groups is 3. The highest BCUT2D eigenvalue weighted by atomic mass is 127. The van der Waals surface area contributed by atoms with Gasteiger partial charge < -0.3 is 9.84 Å². The zero-order valence-corrected chi connectivity index (χ0v) is 18.5. The van der Waals surface area contributed by atoms with Gasteiger partial charge in [0.2, 0.25) is 0 Å². The Morgan fingerprint density at radius 2 is 1.96 bits per heavy atom. The van der Waals surface area contributed by atoms with Crippen LogP contribution in [0, 0.1) is 7.14 Å². The van der Waals surface area contributed by atoms with Crippen molar-refractivity contribution in [3.63, 3.8) is 0 Å². The molecule has 0 unspecified atom stereocenters. The SMILES string of the molecule is CC[C@H](C)N1C(=O)S/C(=C/c2cc(I)c(OCC(=O)O)c(I)c2)C1=O. The zero-order chi connectivity index (χ0) is 18.7. The number of ether oxygens (including phenoxy) is 1. The van der Waals surface area contributed by atoms with Crippen molar-refractivity contribution in [2.24, 2.45) is 0 Å². The lowest BCUT2D eigenvalue weighted by Gasteiger charge is -2.19. The van der Waals surface area contributed by atoms with Gasteiger partial charge in [-0.25, -0.2) is 4.79 Å². The zero-order valence-electron chi connectivity index (χ0n) is 13.4. The van der Waals surface area contributed by atoms with Gasteiger partial charge in [-0.1, -0.05) is 6.92 Å². The standard InChI is InChI=1S/C16H15I2NO5S/c1-3-8(2)19-15(22)12(25-16(19)23)6-9-4-10(17)14(11(18)5-9)24-7-13(20)21/h4-6,8H,3,7H2,1-2H3,(H,20,21)/b12-6+/t8-/m0/s1. The largest absolute Gasteiger partial charge is 0.480 e. The Morgan fingerprint density at radius 3 is 2.48 bits per heavy atom. The molecule has 2 rings (SSSR count). The first-order valence-electron chi connectivity index (χ1n) is 7.35. The minimum atomic E-state index is -1.05. The molecule has 2 amide bonds. The fraction of sp³-hybridized carbons (Fsp3) is 0.312. The van der Waals surface area contributed by atoms with Gasteiger partial charge in [-0.05, 0) is 94.1 Å². The molecule has 134 valence electrons. The van der Waals surface area contributed by atoms with Crippen LogP contribution >= 0.6 is 56.9 Å². The number of aliphatic carboxylic acids is 1. The van der Waals surface area contributed by atoms with Gasteiger partial charge in [-0.3, -0.25) is 14.5 Å².